The first kappa shape index (κ1) is 38.1. The number of anilines is 3. The van der Waals surface area contributed by atoms with Crippen molar-refractivity contribution in [2.24, 2.45) is 0 Å². The van der Waals surface area contributed by atoms with E-state index in [1.165, 1.54) is 18.2 Å². The Morgan fingerprint density at radius 3 is 1.52 bits per heavy atom. The number of nitrogens with zero attached hydrogens (tertiary/aromatic N) is 2. The fourth-order valence-corrected chi connectivity index (χ4v) is 7.23. The molecule has 16 heteroatoms. The number of alkyl halides is 6. The van der Waals surface area contributed by atoms with E-state index in [0.717, 1.165) is 56.7 Å². The molecule has 3 aromatic carbocycles. The predicted molar refractivity (Wildman–Crippen MR) is 182 cm³/mol. The highest BCUT2D eigenvalue weighted by molar-refractivity contribution is 9.11. The van der Waals surface area contributed by atoms with E-state index in [2.05, 4.69) is 37.2 Å². The maximum absolute atomic E-state index is 13.3. The molecule has 0 radical (unpaired) electrons. The van der Waals surface area contributed by atoms with Crippen molar-refractivity contribution < 1.29 is 41.0 Å². The van der Waals surface area contributed by atoms with E-state index in [1.807, 2.05) is 9.80 Å². The van der Waals surface area contributed by atoms with Crippen molar-refractivity contribution in [1.29, 1.82) is 0 Å². The number of halogens is 10. The smallest absolute Gasteiger partial charge is 0.416 e. The van der Waals surface area contributed by atoms with Crippen LogP contribution in [0.4, 0.5) is 43.4 Å². The van der Waals surface area contributed by atoms with Gasteiger partial charge in [0.1, 0.15) is 0 Å². The normalized spacial score (nSPS) is 15.5. The fourth-order valence-electron chi connectivity index (χ4n) is 5.51. The molecule has 0 saturated carbocycles. The minimum Gasteiger partial charge on any atom is -0.478 e. The SMILES string of the molecule is O=C(Nc1ccc(Cl)c(Cl)c1)c1cc(C(F)(F)F)cc(Br)c1N1CCCCC1.O=C(O)c1cc(C(F)(F)F)cc(Br)c1N1CCCCC1. The molecule has 3 aromatic rings. The number of carbonyl (C=O) groups is 2. The van der Waals surface area contributed by atoms with Crippen molar-refractivity contribution in [2.75, 3.05) is 41.3 Å². The van der Waals surface area contributed by atoms with E-state index in [4.69, 9.17) is 23.2 Å². The van der Waals surface area contributed by atoms with Gasteiger partial charge in [0.05, 0.1) is 43.7 Å². The minimum absolute atomic E-state index is 0.0466. The van der Waals surface area contributed by atoms with E-state index < -0.39 is 35.4 Å². The van der Waals surface area contributed by atoms with Crippen LogP contribution in [0.25, 0.3) is 0 Å². The highest BCUT2D eigenvalue weighted by atomic mass is 79.9. The van der Waals surface area contributed by atoms with E-state index >= 15 is 0 Å². The number of aromatic carboxylic acids is 1. The molecule has 2 heterocycles. The molecule has 2 aliphatic heterocycles. The van der Waals surface area contributed by atoms with Crippen molar-refractivity contribution in [1.82, 2.24) is 0 Å². The second-order valence-electron chi connectivity index (χ2n) is 11.2. The second-order valence-corrected chi connectivity index (χ2v) is 13.7. The number of carbonyl (C=O) groups excluding carboxylic acids is 1. The van der Waals surface area contributed by atoms with Gasteiger partial charge in [0.2, 0.25) is 0 Å². The molecule has 0 atom stereocenters. The number of carboxylic acid groups (broad SMARTS) is 1. The quantitative estimate of drug-likeness (QED) is 0.250. The van der Waals surface area contributed by atoms with Gasteiger partial charge in [0, 0.05) is 40.8 Å². The summed E-state index contributed by atoms with van der Waals surface area (Å²) in [5, 5.41) is 12.4. The summed E-state index contributed by atoms with van der Waals surface area (Å²) < 4.78 is 78.6. The number of benzene rings is 3. The monoisotopic (exact) mass is 845 g/mol. The molecule has 0 bridgehead atoms. The molecule has 260 valence electrons. The summed E-state index contributed by atoms with van der Waals surface area (Å²) in [6.45, 7) is 2.67. The van der Waals surface area contributed by atoms with Gasteiger partial charge in [0.25, 0.3) is 5.91 Å². The summed E-state index contributed by atoms with van der Waals surface area (Å²) in [7, 11) is 0. The van der Waals surface area contributed by atoms with Crippen LogP contribution in [-0.2, 0) is 12.4 Å². The van der Waals surface area contributed by atoms with Crippen LogP contribution in [0.3, 0.4) is 0 Å². The summed E-state index contributed by atoms with van der Waals surface area (Å²) in [6, 6.07) is 8.04. The highest BCUT2D eigenvalue weighted by Gasteiger charge is 2.35. The molecule has 5 rings (SSSR count). The predicted octanol–water partition coefficient (Wildman–Crippen LogP) is 11.2. The Hall–Kier alpha value is -2.68. The summed E-state index contributed by atoms with van der Waals surface area (Å²) in [4.78, 5) is 28.0. The number of carboxylic acids is 1. The van der Waals surface area contributed by atoms with Crippen molar-refractivity contribution in [3.8, 4) is 0 Å². The molecule has 2 saturated heterocycles. The molecule has 0 unspecified atom stereocenters. The Morgan fingerprint density at radius 1 is 0.667 bits per heavy atom. The molecule has 0 aromatic heterocycles. The average Bonchev–Trinajstić information content (AvgIpc) is 3.02. The number of hydrogen-bond acceptors (Lipinski definition) is 4. The molecular weight excluding hydrogens is 819 g/mol. The highest BCUT2D eigenvalue weighted by Crippen LogP contribution is 2.41. The van der Waals surface area contributed by atoms with Gasteiger partial charge < -0.3 is 20.2 Å². The number of hydrogen-bond donors (Lipinski definition) is 2. The van der Waals surface area contributed by atoms with Crippen LogP contribution in [0.5, 0.6) is 0 Å². The molecule has 1 amide bonds. The Labute approximate surface area is 299 Å². The van der Waals surface area contributed by atoms with Gasteiger partial charge in [0.15, 0.2) is 0 Å². The van der Waals surface area contributed by atoms with E-state index in [9.17, 15) is 41.0 Å². The zero-order chi connectivity index (χ0) is 35.4. The fraction of sp³-hybridized carbons (Fsp3) is 0.375. The first-order valence-electron chi connectivity index (χ1n) is 14.8. The van der Waals surface area contributed by atoms with Crippen LogP contribution in [0.2, 0.25) is 10.0 Å². The molecule has 2 fully saturated rings. The van der Waals surface area contributed by atoms with Crippen molar-refractivity contribution >= 4 is 84.0 Å². The maximum Gasteiger partial charge on any atom is 0.416 e. The van der Waals surface area contributed by atoms with Crippen LogP contribution in [-0.4, -0.2) is 43.2 Å². The van der Waals surface area contributed by atoms with Gasteiger partial charge in [-0.15, -0.1) is 0 Å². The largest absolute Gasteiger partial charge is 0.478 e. The van der Waals surface area contributed by atoms with E-state index in [1.54, 1.807) is 0 Å². The third-order valence-corrected chi connectivity index (χ3v) is 9.73. The Kier molecular flexibility index (Phi) is 12.6. The van der Waals surface area contributed by atoms with Crippen LogP contribution < -0.4 is 15.1 Å². The van der Waals surface area contributed by atoms with Gasteiger partial charge in [-0.3, -0.25) is 4.79 Å². The maximum atomic E-state index is 13.3. The van der Waals surface area contributed by atoms with Crippen LogP contribution in [0.1, 0.15) is 70.4 Å². The zero-order valence-electron chi connectivity index (χ0n) is 25.1. The average molecular weight is 848 g/mol. The lowest BCUT2D eigenvalue weighted by atomic mass is 10.0. The summed E-state index contributed by atoms with van der Waals surface area (Å²) in [5.74, 6) is -2.00. The van der Waals surface area contributed by atoms with Crippen molar-refractivity contribution in [2.45, 2.75) is 50.9 Å². The lowest BCUT2D eigenvalue weighted by molar-refractivity contribution is -0.138. The third-order valence-electron chi connectivity index (χ3n) is 7.78. The molecule has 0 spiro atoms. The topological polar surface area (TPSA) is 72.9 Å². The van der Waals surface area contributed by atoms with Gasteiger partial charge >= 0.3 is 18.3 Å². The van der Waals surface area contributed by atoms with Crippen molar-refractivity contribution in [3.63, 3.8) is 0 Å². The molecular formula is C32H29Br2Cl2F6N3O3. The summed E-state index contributed by atoms with van der Waals surface area (Å²) in [5.41, 5.74) is -1.06. The van der Waals surface area contributed by atoms with Crippen LogP contribution in [0, 0.1) is 0 Å². The lowest BCUT2D eigenvalue weighted by Crippen LogP contribution is -2.32. The first-order valence-corrected chi connectivity index (χ1v) is 17.1. The molecule has 2 aliphatic rings. The molecule has 2 N–H and O–H groups in total. The van der Waals surface area contributed by atoms with E-state index in [-0.39, 0.29) is 25.1 Å². The molecule has 48 heavy (non-hydrogen) atoms. The van der Waals surface area contributed by atoms with Crippen LogP contribution >= 0.6 is 55.1 Å². The number of rotatable bonds is 5. The van der Waals surface area contributed by atoms with Gasteiger partial charge in [-0.2, -0.15) is 26.3 Å². The summed E-state index contributed by atoms with van der Waals surface area (Å²) >= 11 is 18.2. The molecule has 0 aliphatic carbocycles. The zero-order valence-corrected chi connectivity index (χ0v) is 29.7. The summed E-state index contributed by atoms with van der Waals surface area (Å²) in [6.07, 6.45) is -3.37. The minimum atomic E-state index is -4.57. The van der Waals surface area contributed by atoms with Gasteiger partial charge in [-0.25, -0.2) is 4.79 Å². The Balaban J connectivity index is 0.000000229. The number of nitrogens with one attached hydrogen (secondary N) is 1. The van der Waals surface area contributed by atoms with Crippen LogP contribution in [0.15, 0.2) is 51.4 Å². The second kappa shape index (κ2) is 15.9. The number of amides is 1. The first-order chi connectivity index (χ1) is 22.5. The van der Waals surface area contributed by atoms with Crippen molar-refractivity contribution in [3.05, 3.63) is 83.7 Å². The third kappa shape index (κ3) is 9.51. The van der Waals surface area contributed by atoms with Gasteiger partial charge in [-0.05, 0) is 113 Å². The lowest BCUT2D eigenvalue weighted by Gasteiger charge is -2.31. The Bertz CT molecular complexity index is 1660. The number of piperidine rings is 2. The van der Waals surface area contributed by atoms with Gasteiger partial charge in [-0.1, -0.05) is 23.2 Å². The Morgan fingerprint density at radius 2 is 1.10 bits per heavy atom. The molecule has 6 nitrogen and oxygen atoms in total. The van der Waals surface area contributed by atoms with E-state index in [0.29, 0.717) is 54.3 Å². The standard InChI is InChI=1S/C19H16BrCl2F3N2O.C13H13BrF3NO2/c20-14-9-11(19(23,24)25)8-13(17(14)27-6-2-1-3-7-27)18(28)26-12-4-5-15(21)16(22)10-12;14-10-7-8(13(15,16)17)6-9(12(19)20)11(10)18-4-2-1-3-5-18/h4-5,8-10H,1-3,6-7H2,(H,26,28);6-7H,1-5H2,(H,19,20).